The Hall–Kier alpha value is -2.86. The molecule has 1 aliphatic rings. The van der Waals surface area contributed by atoms with Gasteiger partial charge < -0.3 is 19.9 Å². The van der Waals surface area contributed by atoms with Crippen molar-refractivity contribution in [3.05, 3.63) is 65.7 Å². The van der Waals surface area contributed by atoms with Crippen LogP contribution in [0.4, 0.5) is 0 Å². The summed E-state index contributed by atoms with van der Waals surface area (Å²) in [5, 5.41) is 11.7. The van der Waals surface area contributed by atoms with Crippen molar-refractivity contribution in [2.24, 2.45) is 0 Å². The Bertz CT molecular complexity index is 762. The van der Waals surface area contributed by atoms with Crippen molar-refractivity contribution in [3.8, 4) is 5.75 Å². The van der Waals surface area contributed by atoms with Gasteiger partial charge in [0.15, 0.2) is 6.10 Å². The number of ether oxygens (including phenoxy) is 2. The Labute approximate surface area is 151 Å². The molecule has 136 valence electrons. The van der Waals surface area contributed by atoms with E-state index in [9.17, 15) is 9.59 Å². The minimum absolute atomic E-state index is 0.238. The number of nitrogens with one attached hydrogen (secondary N) is 1. The van der Waals surface area contributed by atoms with Crippen molar-refractivity contribution >= 4 is 11.9 Å². The third kappa shape index (κ3) is 4.83. The molecule has 2 unspecified atom stereocenters. The van der Waals surface area contributed by atoms with Gasteiger partial charge in [0.05, 0.1) is 6.10 Å². The van der Waals surface area contributed by atoms with E-state index < -0.39 is 12.1 Å². The van der Waals surface area contributed by atoms with E-state index in [1.165, 1.54) is 0 Å². The minimum atomic E-state index is -0.956. The molecule has 2 aromatic carbocycles. The zero-order valence-corrected chi connectivity index (χ0v) is 14.3. The number of aliphatic carboxylic acids is 1. The lowest BCUT2D eigenvalue weighted by molar-refractivity contribution is -0.149. The second kappa shape index (κ2) is 8.49. The highest BCUT2D eigenvalue weighted by Crippen LogP contribution is 2.20. The van der Waals surface area contributed by atoms with Gasteiger partial charge in [-0.2, -0.15) is 0 Å². The highest BCUT2D eigenvalue weighted by molar-refractivity contribution is 5.94. The fourth-order valence-corrected chi connectivity index (χ4v) is 2.81. The van der Waals surface area contributed by atoms with Gasteiger partial charge in [-0.1, -0.05) is 36.4 Å². The maximum Gasteiger partial charge on any atom is 0.332 e. The largest absolute Gasteiger partial charge is 0.489 e. The van der Waals surface area contributed by atoms with Crippen LogP contribution in [0.25, 0.3) is 0 Å². The fourth-order valence-electron chi connectivity index (χ4n) is 2.81. The lowest BCUT2D eigenvalue weighted by Crippen LogP contribution is -2.33. The van der Waals surface area contributed by atoms with E-state index in [4.69, 9.17) is 14.6 Å². The van der Waals surface area contributed by atoms with Crippen LogP contribution in [0.1, 0.15) is 28.8 Å². The van der Waals surface area contributed by atoms with Crippen molar-refractivity contribution < 1.29 is 24.2 Å². The van der Waals surface area contributed by atoms with Crippen LogP contribution in [0.15, 0.2) is 54.6 Å². The molecule has 0 aliphatic carbocycles. The van der Waals surface area contributed by atoms with E-state index >= 15 is 0 Å². The smallest absolute Gasteiger partial charge is 0.332 e. The van der Waals surface area contributed by atoms with Crippen LogP contribution >= 0.6 is 0 Å². The van der Waals surface area contributed by atoms with Gasteiger partial charge in [-0.05, 0) is 36.6 Å². The minimum Gasteiger partial charge on any atom is -0.489 e. The summed E-state index contributed by atoms with van der Waals surface area (Å²) in [4.78, 5) is 23.2. The number of carbonyl (C=O) groups excluding carboxylic acids is 1. The molecule has 6 heteroatoms. The maximum absolute atomic E-state index is 12.3. The van der Waals surface area contributed by atoms with Crippen molar-refractivity contribution in [2.45, 2.75) is 31.7 Å². The molecule has 2 N–H and O–H groups in total. The summed E-state index contributed by atoms with van der Waals surface area (Å²) >= 11 is 0. The summed E-state index contributed by atoms with van der Waals surface area (Å²) in [7, 11) is 0. The lowest BCUT2D eigenvalue weighted by Gasteiger charge is -2.13. The highest BCUT2D eigenvalue weighted by atomic mass is 16.5. The standard InChI is InChI=1S/C20H21NO5/c22-19(21-12-17-9-10-18(26-17)20(23)24)15-7-4-8-16(11-15)25-13-14-5-2-1-3-6-14/h1-8,11,17-18H,9-10,12-13H2,(H,21,22)(H,23,24). The van der Waals surface area contributed by atoms with Gasteiger partial charge in [0.2, 0.25) is 0 Å². The number of amides is 1. The van der Waals surface area contributed by atoms with Crippen molar-refractivity contribution in [2.75, 3.05) is 6.54 Å². The molecule has 1 saturated heterocycles. The molecular formula is C20H21NO5. The van der Waals surface area contributed by atoms with Gasteiger partial charge in [-0.15, -0.1) is 0 Å². The number of hydrogen-bond acceptors (Lipinski definition) is 4. The van der Waals surface area contributed by atoms with E-state index in [0.717, 1.165) is 5.56 Å². The van der Waals surface area contributed by atoms with Gasteiger partial charge in [0, 0.05) is 12.1 Å². The van der Waals surface area contributed by atoms with Gasteiger partial charge in [0.1, 0.15) is 12.4 Å². The summed E-state index contributed by atoms with van der Waals surface area (Å²) in [5.41, 5.74) is 1.54. The summed E-state index contributed by atoms with van der Waals surface area (Å²) in [6, 6.07) is 16.8. The molecule has 0 saturated carbocycles. The number of rotatable bonds is 7. The molecule has 3 rings (SSSR count). The number of carboxylic acid groups (broad SMARTS) is 1. The Kier molecular flexibility index (Phi) is 5.86. The third-order valence-corrected chi connectivity index (χ3v) is 4.22. The van der Waals surface area contributed by atoms with Crippen molar-refractivity contribution in [1.82, 2.24) is 5.32 Å². The summed E-state index contributed by atoms with van der Waals surface area (Å²) in [6.45, 7) is 0.718. The van der Waals surface area contributed by atoms with E-state index in [2.05, 4.69) is 5.32 Å². The van der Waals surface area contributed by atoms with Gasteiger partial charge >= 0.3 is 5.97 Å². The zero-order chi connectivity index (χ0) is 18.4. The third-order valence-electron chi connectivity index (χ3n) is 4.22. The monoisotopic (exact) mass is 355 g/mol. The molecule has 1 heterocycles. The molecule has 2 atom stereocenters. The van der Waals surface area contributed by atoms with Gasteiger partial charge in [-0.3, -0.25) is 4.79 Å². The van der Waals surface area contributed by atoms with Crippen LogP contribution in [0.5, 0.6) is 5.75 Å². The zero-order valence-electron chi connectivity index (χ0n) is 14.3. The number of carboxylic acids is 1. The Balaban J connectivity index is 1.51. The fraction of sp³-hybridized carbons (Fsp3) is 0.300. The molecule has 26 heavy (non-hydrogen) atoms. The van der Waals surface area contributed by atoms with E-state index in [0.29, 0.717) is 30.8 Å². The maximum atomic E-state index is 12.3. The van der Waals surface area contributed by atoms with E-state index in [-0.39, 0.29) is 18.6 Å². The van der Waals surface area contributed by atoms with Crippen LogP contribution in [0, 0.1) is 0 Å². The number of hydrogen-bond donors (Lipinski definition) is 2. The molecule has 1 aliphatic heterocycles. The predicted octanol–water partition coefficient (Wildman–Crippen LogP) is 2.63. The molecule has 0 radical (unpaired) electrons. The number of carbonyl (C=O) groups is 2. The predicted molar refractivity (Wildman–Crippen MR) is 95.1 cm³/mol. The Morgan fingerprint density at radius 1 is 1.12 bits per heavy atom. The first kappa shape index (κ1) is 17.9. The second-order valence-corrected chi connectivity index (χ2v) is 6.17. The Morgan fingerprint density at radius 3 is 2.65 bits per heavy atom. The first-order valence-electron chi connectivity index (χ1n) is 8.55. The van der Waals surface area contributed by atoms with Crippen LogP contribution in [0.3, 0.4) is 0 Å². The quantitative estimate of drug-likeness (QED) is 0.797. The Morgan fingerprint density at radius 2 is 1.92 bits per heavy atom. The molecule has 1 amide bonds. The average Bonchev–Trinajstić information content (AvgIpc) is 3.15. The molecule has 2 aromatic rings. The van der Waals surface area contributed by atoms with Crippen molar-refractivity contribution in [1.29, 1.82) is 0 Å². The van der Waals surface area contributed by atoms with Gasteiger partial charge in [-0.25, -0.2) is 4.79 Å². The van der Waals surface area contributed by atoms with Crippen LogP contribution in [-0.4, -0.2) is 35.7 Å². The van der Waals surface area contributed by atoms with E-state index in [1.54, 1.807) is 24.3 Å². The van der Waals surface area contributed by atoms with Crippen LogP contribution in [0.2, 0.25) is 0 Å². The first-order chi connectivity index (χ1) is 12.6. The average molecular weight is 355 g/mol. The molecule has 0 bridgehead atoms. The topological polar surface area (TPSA) is 84.9 Å². The number of benzene rings is 2. The highest BCUT2D eigenvalue weighted by Gasteiger charge is 2.30. The van der Waals surface area contributed by atoms with Crippen molar-refractivity contribution in [3.63, 3.8) is 0 Å². The molecule has 0 spiro atoms. The molecule has 1 fully saturated rings. The molecule has 0 aromatic heterocycles. The summed E-state index contributed by atoms with van der Waals surface area (Å²) in [6.07, 6.45) is 0.0556. The van der Waals surface area contributed by atoms with Crippen LogP contribution < -0.4 is 10.1 Å². The van der Waals surface area contributed by atoms with Crippen LogP contribution in [-0.2, 0) is 16.1 Å². The van der Waals surface area contributed by atoms with E-state index in [1.807, 2.05) is 30.3 Å². The molecule has 6 nitrogen and oxygen atoms in total. The first-order valence-corrected chi connectivity index (χ1v) is 8.55. The van der Waals surface area contributed by atoms with Gasteiger partial charge in [0.25, 0.3) is 5.91 Å². The second-order valence-electron chi connectivity index (χ2n) is 6.17. The summed E-state index contributed by atoms with van der Waals surface area (Å²) < 4.78 is 11.1. The lowest BCUT2D eigenvalue weighted by atomic mass is 10.1. The molecular weight excluding hydrogens is 334 g/mol. The SMILES string of the molecule is O=C(NCC1CCC(C(=O)O)O1)c1cccc(OCc2ccccc2)c1. The summed E-state index contributed by atoms with van der Waals surface area (Å²) in [5.74, 6) is -0.579. The normalized spacial score (nSPS) is 19.1.